The van der Waals surface area contributed by atoms with E-state index in [4.69, 9.17) is 0 Å². The minimum atomic E-state index is -0.479. The third-order valence-electron chi connectivity index (χ3n) is 3.41. The van der Waals surface area contributed by atoms with Crippen LogP contribution in [0, 0.1) is 10.1 Å². The molecular formula is C16H18N4O4. The zero-order valence-electron chi connectivity index (χ0n) is 13.5. The predicted molar refractivity (Wildman–Crippen MR) is 87.7 cm³/mol. The van der Waals surface area contributed by atoms with Gasteiger partial charge in [-0.2, -0.15) is 5.10 Å². The Kier molecular flexibility index (Phi) is 5.41. The fraction of sp³-hybridized carbons (Fsp3) is 0.312. The number of nitro groups is 1. The lowest BCUT2D eigenvalue weighted by Gasteiger charge is -2.17. The number of carbonyl (C=O) groups is 1. The first-order valence-corrected chi connectivity index (χ1v) is 7.49. The summed E-state index contributed by atoms with van der Waals surface area (Å²) in [7, 11) is 1.58. The van der Waals surface area contributed by atoms with E-state index in [1.54, 1.807) is 19.2 Å². The lowest BCUT2D eigenvalue weighted by molar-refractivity contribution is -0.384. The first-order chi connectivity index (χ1) is 11.4. The lowest BCUT2D eigenvalue weighted by atomic mass is 10.2. The number of benzene rings is 1. The Morgan fingerprint density at radius 3 is 2.75 bits per heavy atom. The maximum Gasteiger partial charge on any atom is 0.274 e. The van der Waals surface area contributed by atoms with E-state index in [0.717, 1.165) is 6.42 Å². The summed E-state index contributed by atoms with van der Waals surface area (Å²) in [6.07, 6.45) is 0.730. The van der Waals surface area contributed by atoms with Gasteiger partial charge < -0.3 is 4.90 Å². The summed E-state index contributed by atoms with van der Waals surface area (Å²) >= 11 is 0. The number of hydrogen-bond donors (Lipinski definition) is 0. The van der Waals surface area contributed by atoms with E-state index in [9.17, 15) is 19.7 Å². The van der Waals surface area contributed by atoms with Gasteiger partial charge in [-0.15, -0.1) is 0 Å². The van der Waals surface area contributed by atoms with Gasteiger partial charge in [0.05, 0.1) is 4.92 Å². The van der Waals surface area contributed by atoms with Crippen LogP contribution in [0.2, 0.25) is 0 Å². The van der Waals surface area contributed by atoms with Crippen LogP contribution in [-0.4, -0.2) is 32.6 Å². The minimum Gasteiger partial charge on any atom is -0.336 e. The molecule has 0 radical (unpaired) electrons. The van der Waals surface area contributed by atoms with Crippen LogP contribution in [0.4, 0.5) is 5.69 Å². The van der Waals surface area contributed by atoms with Crippen molar-refractivity contribution < 1.29 is 9.72 Å². The quantitative estimate of drug-likeness (QED) is 0.594. The molecule has 0 aliphatic carbocycles. The first-order valence-electron chi connectivity index (χ1n) is 7.49. The number of nitrogens with zero attached hydrogens (tertiary/aromatic N) is 4. The van der Waals surface area contributed by atoms with E-state index >= 15 is 0 Å². The Hall–Kier alpha value is -3.03. The third-order valence-corrected chi connectivity index (χ3v) is 3.41. The Morgan fingerprint density at radius 1 is 1.33 bits per heavy atom. The van der Waals surface area contributed by atoms with E-state index in [1.165, 1.54) is 33.8 Å². The summed E-state index contributed by atoms with van der Waals surface area (Å²) in [4.78, 5) is 35.8. The van der Waals surface area contributed by atoms with E-state index in [-0.39, 0.29) is 29.4 Å². The molecule has 0 bridgehead atoms. The summed E-state index contributed by atoms with van der Waals surface area (Å²) in [5.41, 5.74) is 0.524. The largest absolute Gasteiger partial charge is 0.336 e. The molecule has 0 saturated heterocycles. The van der Waals surface area contributed by atoms with Crippen molar-refractivity contribution in [2.75, 3.05) is 7.05 Å². The van der Waals surface area contributed by atoms with Crippen LogP contribution in [0.25, 0.3) is 0 Å². The smallest absolute Gasteiger partial charge is 0.274 e. The second-order valence-corrected chi connectivity index (χ2v) is 5.37. The van der Waals surface area contributed by atoms with Gasteiger partial charge in [-0.1, -0.05) is 19.1 Å². The van der Waals surface area contributed by atoms with Gasteiger partial charge in [0.15, 0.2) is 0 Å². The summed E-state index contributed by atoms with van der Waals surface area (Å²) in [6.45, 7) is 2.56. The van der Waals surface area contributed by atoms with Crippen molar-refractivity contribution in [1.29, 1.82) is 0 Å². The molecule has 0 aliphatic rings. The highest BCUT2D eigenvalue weighted by atomic mass is 16.6. The van der Waals surface area contributed by atoms with E-state index in [1.807, 2.05) is 6.92 Å². The van der Waals surface area contributed by atoms with Crippen LogP contribution in [0.3, 0.4) is 0 Å². The number of aromatic nitrogens is 2. The fourth-order valence-electron chi connectivity index (χ4n) is 2.24. The van der Waals surface area contributed by atoms with Gasteiger partial charge in [0.25, 0.3) is 17.2 Å². The number of aryl methyl sites for hydroxylation is 1. The van der Waals surface area contributed by atoms with Crippen molar-refractivity contribution in [2.24, 2.45) is 0 Å². The molecule has 0 spiro atoms. The molecule has 2 rings (SSSR count). The molecule has 126 valence electrons. The monoisotopic (exact) mass is 330 g/mol. The lowest BCUT2D eigenvalue weighted by Crippen LogP contribution is -2.31. The van der Waals surface area contributed by atoms with Crippen molar-refractivity contribution in [3.05, 3.63) is 68.1 Å². The third kappa shape index (κ3) is 4.03. The molecular weight excluding hydrogens is 312 g/mol. The molecule has 1 heterocycles. The van der Waals surface area contributed by atoms with Crippen molar-refractivity contribution in [1.82, 2.24) is 14.7 Å². The van der Waals surface area contributed by atoms with Crippen molar-refractivity contribution in [3.63, 3.8) is 0 Å². The second kappa shape index (κ2) is 7.49. The Labute approximate surface area is 138 Å². The summed E-state index contributed by atoms with van der Waals surface area (Å²) in [5, 5.41) is 14.9. The molecule has 2 aromatic rings. The van der Waals surface area contributed by atoms with Crippen LogP contribution >= 0.6 is 0 Å². The maximum absolute atomic E-state index is 12.4. The number of carbonyl (C=O) groups excluding carboxylic acids is 1. The molecule has 0 unspecified atom stereocenters. The SMILES string of the molecule is CCCn1nc(C(=O)N(C)Cc2cccc([N+](=O)[O-])c2)ccc1=O. The molecule has 24 heavy (non-hydrogen) atoms. The van der Waals surface area contributed by atoms with Gasteiger partial charge in [-0.25, -0.2) is 4.68 Å². The highest BCUT2D eigenvalue weighted by Crippen LogP contribution is 2.15. The minimum absolute atomic E-state index is 0.0250. The normalized spacial score (nSPS) is 10.4. The van der Waals surface area contributed by atoms with Gasteiger partial charge in [0.1, 0.15) is 5.69 Å². The highest BCUT2D eigenvalue weighted by Gasteiger charge is 2.16. The molecule has 0 saturated carbocycles. The molecule has 0 aliphatic heterocycles. The zero-order valence-corrected chi connectivity index (χ0v) is 13.5. The molecule has 8 heteroatoms. The molecule has 0 fully saturated rings. The van der Waals surface area contributed by atoms with Gasteiger partial charge >= 0.3 is 0 Å². The van der Waals surface area contributed by atoms with Crippen LogP contribution in [0.1, 0.15) is 29.4 Å². The highest BCUT2D eigenvalue weighted by molar-refractivity contribution is 5.91. The van der Waals surface area contributed by atoms with Crippen LogP contribution in [0.15, 0.2) is 41.2 Å². The van der Waals surface area contributed by atoms with Gasteiger partial charge in [0.2, 0.25) is 0 Å². The number of rotatable bonds is 6. The van der Waals surface area contributed by atoms with Crippen LogP contribution in [-0.2, 0) is 13.1 Å². The summed E-state index contributed by atoms with van der Waals surface area (Å²) < 4.78 is 1.26. The molecule has 1 amide bonds. The molecule has 0 N–H and O–H groups in total. The Bertz CT molecular complexity index is 816. The predicted octanol–water partition coefficient (Wildman–Crippen LogP) is 1.83. The van der Waals surface area contributed by atoms with Crippen molar-refractivity contribution in [3.8, 4) is 0 Å². The molecule has 1 aromatic heterocycles. The van der Waals surface area contributed by atoms with Gasteiger partial charge in [0, 0.05) is 38.3 Å². The number of non-ortho nitro benzene ring substituents is 1. The average molecular weight is 330 g/mol. The van der Waals surface area contributed by atoms with Crippen molar-refractivity contribution in [2.45, 2.75) is 26.4 Å². The van der Waals surface area contributed by atoms with Gasteiger partial charge in [-0.3, -0.25) is 19.7 Å². The Balaban J connectivity index is 2.18. The average Bonchev–Trinajstić information content (AvgIpc) is 2.56. The number of amides is 1. The molecule has 0 atom stereocenters. The number of nitro benzene ring substituents is 1. The Morgan fingerprint density at radius 2 is 2.08 bits per heavy atom. The maximum atomic E-state index is 12.4. The zero-order chi connectivity index (χ0) is 17.7. The summed E-state index contributed by atoms with van der Waals surface area (Å²) in [6, 6.07) is 8.81. The second-order valence-electron chi connectivity index (χ2n) is 5.37. The topological polar surface area (TPSA) is 98.3 Å². The van der Waals surface area contributed by atoms with Crippen molar-refractivity contribution >= 4 is 11.6 Å². The van der Waals surface area contributed by atoms with E-state index in [2.05, 4.69) is 5.10 Å². The molecule has 1 aromatic carbocycles. The summed E-state index contributed by atoms with van der Waals surface area (Å²) in [5.74, 6) is -0.355. The first kappa shape index (κ1) is 17.3. The van der Waals surface area contributed by atoms with Gasteiger partial charge in [-0.05, 0) is 18.1 Å². The molecule has 8 nitrogen and oxygen atoms in total. The van der Waals surface area contributed by atoms with Crippen LogP contribution in [0.5, 0.6) is 0 Å². The fourth-order valence-corrected chi connectivity index (χ4v) is 2.24. The standard InChI is InChI=1S/C16H18N4O4/c1-3-9-19-15(21)8-7-14(17-19)16(22)18(2)11-12-5-4-6-13(10-12)20(23)24/h4-8,10H,3,9,11H2,1-2H3. The number of hydrogen-bond acceptors (Lipinski definition) is 5. The van der Waals surface area contributed by atoms with E-state index < -0.39 is 4.92 Å². The van der Waals surface area contributed by atoms with E-state index in [0.29, 0.717) is 12.1 Å². The van der Waals surface area contributed by atoms with Crippen LogP contribution < -0.4 is 5.56 Å².